The predicted molar refractivity (Wildman–Crippen MR) is 69.7 cm³/mol. The quantitative estimate of drug-likeness (QED) is 0.903. The topological polar surface area (TPSA) is 40.5 Å². The predicted octanol–water partition coefficient (Wildman–Crippen LogP) is 3.60. The number of hydrogen-bond acceptors (Lipinski definition) is 2. The minimum atomic E-state index is -4.77. The molecular weight excluding hydrogens is 295 g/mol. The molecule has 0 amide bonds. The molecule has 3 nitrogen and oxygen atoms in total. The van der Waals surface area contributed by atoms with E-state index in [2.05, 4.69) is 0 Å². The molecule has 0 fully saturated rings. The monoisotopic (exact) mass is 309 g/mol. The van der Waals surface area contributed by atoms with E-state index in [9.17, 15) is 18.0 Å². The van der Waals surface area contributed by atoms with Crippen molar-refractivity contribution < 1.29 is 23.1 Å². The van der Waals surface area contributed by atoms with E-state index >= 15 is 0 Å². The number of halogens is 4. The average molecular weight is 310 g/mol. The van der Waals surface area contributed by atoms with Crippen LogP contribution in [0.3, 0.4) is 0 Å². The minimum absolute atomic E-state index is 0.377. The van der Waals surface area contributed by atoms with E-state index in [0.29, 0.717) is 5.02 Å². The molecule has 0 heterocycles. The average Bonchev–Trinajstić information content (AvgIpc) is 2.32. The number of carbonyl (C=O) groups is 1. The van der Waals surface area contributed by atoms with E-state index < -0.39 is 24.6 Å². The molecule has 0 aliphatic rings. The number of aliphatic carboxylic acids is 1. The summed E-state index contributed by atoms with van der Waals surface area (Å²) in [4.78, 5) is 12.1. The van der Waals surface area contributed by atoms with Crippen LogP contribution < -0.4 is 0 Å². The van der Waals surface area contributed by atoms with Crippen LogP contribution in [-0.4, -0.2) is 35.7 Å². The molecule has 2 unspecified atom stereocenters. The molecule has 0 saturated heterocycles. The van der Waals surface area contributed by atoms with Gasteiger partial charge < -0.3 is 5.11 Å². The van der Waals surface area contributed by atoms with E-state index in [4.69, 9.17) is 16.7 Å². The highest BCUT2D eigenvalue weighted by atomic mass is 35.5. The van der Waals surface area contributed by atoms with Gasteiger partial charge in [-0.1, -0.05) is 23.7 Å². The van der Waals surface area contributed by atoms with Crippen LogP contribution in [-0.2, 0) is 4.79 Å². The van der Waals surface area contributed by atoms with Crippen molar-refractivity contribution in [3.63, 3.8) is 0 Å². The Bertz CT molecular complexity index is 479. The highest BCUT2D eigenvalue weighted by Crippen LogP contribution is 2.30. The molecule has 1 aromatic rings. The Morgan fingerprint density at radius 3 is 2.50 bits per heavy atom. The summed E-state index contributed by atoms with van der Waals surface area (Å²) in [5.41, 5.74) is 0.728. The standard InChI is InChI=1S/C13H15ClF3NO2/c1-8(9-4-3-5-10(14)6-9)18(2)7-11(12(19)20)13(15,16)17/h3-6,8,11H,7H2,1-2H3,(H,19,20). The van der Waals surface area contributed by atoms with Crippen LogP contribution in [0, 0.1) is 5.92 Å². The summed E-state index contributed by atoms with van der Waals surface area (Å²) in [5, 5.41) is 9.17. The van der Waals surface area contributed by atoms with Gasteiger partial charge in [0, 0.05) is 17.6 Å². The van der Waals surface area contributed by atoms with Crippen molar-refractivity contribution in [3.8, 4) is 0 Å². The molecule has 0 saturated carbocycles. The highest BCUT2D eigenvalue weighted by molar-refractivity contribution is 6.30. The Balaban J connectivity index is 2.84. The van der Waals surface area contributed by atoms with Gasteiger partial charge in [-0.25, -0.2) is 0 Å². The van der Waals surface area contributed by atoms with Crippen LogP contribution >= 0.6 is 11.6 Å². The van der Waals surface area contributed by atoms with Gasteiger partial charge in [0.2, 0.25) is 0 Å². The van der Waals surface area contributed by atoms with Crippen LogP contribution in [0.5, 0.6) is 0 Å². The first-order valence-electron chi connectivity index (χ1n) is 5.88. The summed E-state index contributed by atoms with van der Waals surface area (Å²) in [6.45, 7) is 1.08. The first-order chi connectivity index (χ1) is 9.12. The fourth-order valence-corrected chi connectivity index (χ4v) is 1.99. The molecule has 20 heavy (non-hydrogen) atoms. The molecule has 0 aliphatic carbocycles. The second-order valence-electron chi connectivity index (χ2n) is 4.60. The molecule has 1 aromatic carbocycles. The first kappa shape index (κ1) is 16.8. The first-order valence-corrected chi connectivity index (χ1v) is 6.26. The normalized spacial score (nSPS) is 15.2. The third kappa shape index (κ3) is 4.38. The molecule has 1 N–H and O–H groups in total. The van der Waals surface area contributed by atoms with Gasteiger partial charge in [-0.05, 0) is 31.7 Å². The summed E-state index contributed by atoms with van der Waals surface area (Å²) in [7, 11) is 1.45. The largest absolute Gasteiger partial charge is 0.481 e. The number of hydrogen-bond donors (Lipinski definition) is 1. The Hall–Kier alpha value is -1.27. The Morgan fingerprint density at radius 2 is 2.05 bits per heavy atom. The van der Waals surface area contributed by atoms with E-state index in [1.165, 1.54) is 11.9 Å². The van der Waals surface area contributed by atoms with Crippen molar-refractivity contribution in [2.75, 3.05) is 13.6 Å². The van der Waals surface area contributed by atoms with Crippen molar-refractivity contribution in [1.82, 2.24) is 4.90 Å². The molecule has 0 spiro atoms. The van der Waals surface area contributed by atoms with Crippen molar-refractivity contribution in [1.29, 1.82) is 0 Å². The minimum Gasteiger partial charge on any atom is -0.481 e. The summed E-state index contributed by atoms with van der Waals surface area (Å²) in [6, 6.07) is 6.36. The lowest BCUT2D eigenvalue weighted by atomic mass is 10.0. The van der Waals surface area contributed by atoms with Gasteiger partial charge >= 0.3 is 12.1 Å². The fourth-order valence-electron chi connectivity index (χ4n) is 1.79. The second-order valence-corrected chi connectivity index (χ2v) is 5.04. The highest BCUT2D eigenvalue weighted by Gasteiger charge is 2.45. The van der Waals surface area contributed by atoms with E-state index in [0.717, 1.165) is 5.56 Å². The van der Waals surface area contributed by atoms with Crippen molar-refractivity contribution in [2.45, 2.75) is 19.1 Å². The summed E-state index contributed by atoms with van der Waals surface area (Å²) >= 11 is 5.83. The van der Waals surface area contributed by atoms with Crippen LogP contribution in [0.1, 0.15) is 18.5 Å². The number of nitrogens with zero attached hydrogens (tertiary/aromatic N) is 1. The van der Waals surface area contributed by atoms with Crippen molar-refractivity contribution in [3.05, 3.63) is 34.9 Å². The van der Waals surface area contributed by atoms with Crippen LogP contribution in [0.2, 0.25) is 5.02 Å². The maximum atomic E-state index is 12.6. The van der Waals surface area contributed by atoms with Gasteiger partial charge in [0.1, 0.15) is 0 Å². The maximum absolute atomic E-state index is 12.6. The molecular formula is C13H15ClF3NO2. The molecule has 1 rings (SSSR count). The lowest BCUT2D eigenvalue weighted by Crippen LogP contribution is -2.40. The summed E-state index contributed by atoms with van der Waals surface area (Å²) in [6.07, 6.45) is -4.77. The number of rotatable bonds is 5. The van der Waals surface area contributed by atoms with Gasteiger partial charge in [0.15, 0.2) is 5.92 Å². The fraction of sp³-hybridized carbons (Fsp3) is 0.462. The summed E-state index contributed by atoms with van der Waals surface area (Å²) in [5.74, 6) is -4.28. The Kier molecular flexibility index (Phi) is 5.42. The molecule has 0 aliphatic heterocycles. The molecule has 7 heteroatoms. The molecule has 0 aromatic heterocycles. The number of carboxylic acid groups (broad SMARTS) is 1. The maximum Gasteiger partial charge on any atom is 0.403 e. The number of carboxylic acids is 1. The third-order valence-electron chi connectivity index (χ3n) is 3.16. The smallest absolute Gasteiger partial charge is 0.403 e. The van der Waals surface area contributed by atoms with Crippen LogP contribution in [0.15, 0.2) is 24.3 Å². The van der Waals surface area contributed by atoms with E-state index in [-0.39, 0.29) is 6.04 Å². The van der Waals surface area contributed by atoms with Crippen molar-refractivity contribution >= 4 is 17.6 Å². The lowest BCUT2D eigenvalue weighted by Gasteiger charge is -2.28. The molecule has 0 radical (unpaired) electrons. The van der Waals surface area contributed by atoms with E-state index in [1.807, 2.05) is 0 Å². The van der Waals surface area contributed by atoms with Crippen LogP contribution in [0.25, 0.3) is 0 Å². The van der Waals surface area contributed by atoms with Gasteiger partial charge in [-0.15, -0.1) is 0 Å². The zero-order valence-corrected chi connectivity index (χ0v) is 11.7. The van der Waals surface area contributed by atoms with E-state index in [1.54, 1.807) is 31.2 Å². The number of alkyl halides is 3. The van der Waals surface area contributed by atoms with Crippen molar-refractivity contribution in [2.24, 2.45) is 5.92 Å². The van der Waals surface area contributed by atoms with Gasteiger partial charge in [0.05, 0.1) is 0 Å². The van der Waals surface area contributed by atoms with Crippen LogP contribution in [0.4, 0.5) is 13.2 Å². The number of benzene rings is 1. The summed E-state index contributed by atoms with van der Waals surface area (Å²) < 4.78 is 37.9. The van der Waals surface area contributed by atoms with Gasteiger partial charge in [0.25, 0.3) is 0 Å². The van der Waals surface area contributed by atoms with Gasteiger partial charge in [-0.2, -0.15) is 13.2 Å². The third-order valence-corrected chi connectivity index (χ3v) is 3.39. The molecule has 0 bridgehead atoms. The molecule has 2 atom stereocenters. The Morgan fingerprint density at radius 1 is 1.45 bits per heavy atom. The zero-order chi connectivity index (χ0) is 15.5. The zero-order valence-electron chi connectivity index (χ0n) is 11.0. The molecule has 112 valence electrons. The second kappa shape index (κ2) is 6.45. The lowest BCUT2D eigenvalue weighted by molar-refractivity contribution is -0.196. The SMILES string of the molecule is CC(c1cccc(Cl)c1)N(C)CC(C(=O)O)C(F)(F)F. The van der Waals surface area contributed by atoms with Gasteiger partial charge in [-0.3, -0.25) is 9.69 Å². The Labute approximate surface area is 120 Å².